The minimum Gasteiger partial charge on any atom is -0.319 e. The second-order valence-corrected chi connectivity index (χ2v) is 4.78. The highest BCUT2D eigenvalue weighted by atomic mass is 15.4. The van der Waals surface area contributed by atoms with Gasteiger partial charge in [-0.1, -0.05) is 30.3 Å². The molecule has 2 heterocycles. The summed E-state index contributed by atoms with van der Waals surface area (Å²) in [6.45, 7) is 2.94. The highest BCUT2D eigenvalue weighted by Crippen LogP contribution is 2.25. The molecule has 3 rings (SSSR count). The molecular weight excluding hydrogens is 250 g/mol. The van der Waals surface area contributed by atoms with Gasteiger partial charge in [-0.15, -0.1) is 5.10 Å². The van der Waals surface area contributed by atoms with E-state index < -0.39 is 0 Å². The number of rotatable bonds is 4. The Hall–Kier alpha value is -2.27. The van der Waals surface area contributed by atoms with Crippen molar-refractivity contribution >= 4 is 10.9 Å². The molecule has 5 nitrogen and oxygen atoms in total. The van der Waals surface area contributed by atoms with Crippen molar-refractivity contribution in [2.45, 2.75) is 25.9 Å². The van der Waals surface area contributed by atoms with Gasteiger partial charge in [-0.25, -0.2) is 4.68 Å². The number of hydrogen-bond acceptors (Lipinski definition) is 4. The first kappa shape index (κ1) is 12.7. The molecule has 0 fully saturated rings. The molecule has 2 N–H and O–H groups in total. The van der Waals surface area contributed by atoms with Gasteiger partial charge in [0, 0.05) is 18.1 Å². The number of pyridine rings is 1. The van der Waals surface area contributed by atoms with Crippen LogP contribution in [0.5, 0.6) is 0 Å². The van der Waals surface area contributed by atoms with Gasteiger partial charge in [-0.2, -0.15) is 0 Å². The lowest BCUT2D eigenvalue weighted by atomic mass is 10.0. The molecule has 20 heavy (non-hydrogen) atoms. The quantitative estimate of drug-likeness (QED) is 0.787. The second-order valence-electron chi connectivity index (χ2n) is 4.78. The fourth-order valence-corrected chi connectivity index (χ4v) is 2.44. The van der Waals surface area contributed by atoms with Crippen LogP contribution in [0.25, 0.3) is 10.9 Å². The van der Waals surface area contributed by atoms with E-state index >= 15 is 0 Å². The Balaban J connectivity index is 2.08. The summed E-state index contributed by atoms with van der Waals surface area (Å²) in [5.41, 5.74) is 9.37. The monoisotopic (exact) mass is 267 g/mol. The molecule has 5 heteroatoms. The molecule has 3 aromatic rings. The van der Waals surface area contributed by atoms with Gasteiger partial charge in [0.15, 0.2) is 0 Å². The average molecular weight is 267 g/mol. The second kappa shape index (κ2) is 5.38. The van der Waals surface area contributed by atoms with Gasteiger partial charge in [0.25, 0.3) is 0 Å². The van der Waals surface area contributed by atoms with Crippen molar-refractivity contribution in [3.8, 4) is 0 Å². The maximum atomic E-state index is 6.43. The van der Waals surface area contributed by atoms with Crippen LogP contribution in [0.3, 0.4) is 0 Å². The van der Waals surface area contributed by atoms with Crippen molar-refractivity contribution in [1.29, 1.82) is 0 Å². The summed E-state index contributed by atoms with van der Waals surface area (Å²) in [5, 5.41) is 9.16. The Morgan fingerprint density at radius 3 is 2.95 bits per heavy atom. The van der Waals surface area contributed by atoms with Gasteiger partial charge in [0.05, 0.1) is 23.4 Å². The summed E-state index contributed by atoms with van der Waals surface area (Å²) in [5.74, 6) is 0. The van der Waals surface area contributed by atoms with E-state index in [9.17, 15) is 0 Å². The van der Waals surface area contributed by atoms with E-state index in [2.05, 4.69) is 22.2 Å². The van der Waals surface area contributed by atoms with Crippen molar-refractivity contribution in [2.75, 3.05) is 0 Å². The molecule has 0 saturated heterocycles. The SMILES string of the molecule is CCCn1nncc1C(N)c1ccnc2ccccc12. The van der Waals surface area contributed by atoms with Crippen molar-refractivity contribution in [3.63, 3.8) is 0 Å². The molecule has 0 bridgehead atoms. The highest BCUT2D eigenvalue weighted by molar-refractivity contribution is 5.82. The Bertz CT molecular complexity index is 714. The number of fused-ring (bicyclic) bond motifs is 1. The van der Waals surface area contributed by atoms with Crippen LogP contribution in [-0.2, 0) is 6.54 Å². The number of aromatic nitrogens is 4. The summed E-state index contributed by atoms with van der Waals surface area (Å²) >= 11 is 0. The topological polar surface area (TPSA) is 69.6 Å². The van der Waals surface area contributed by atoms with Crippen LogP contribution in [-0.4, -0.2) is 20.0 Å². The summed E-state index contributed by atoms with van der Waals surface area (Å²) in [4.78, 5) is 4.37. The molecule has 1 atom stereocenters. The first-order valence-electron chi connectivity index (χ1n) is 6.79. The Morgan fingerprint density at radius 1 is 1.25 bits per heavy atom. The third-order valence-corrected chi connectivity index (χ3v) is 3.42. The smallest absolute Gasteiger partial charge is 0.0800 e. The van der Waals surface area contributed by atoms with Gasteiger partial charge in [0.1, 0.15) is 0 Å². The number of hydrogen-bond donors (Lipinski definition) is 1. The molecule has 0 amide bonds. The van der Waals surface area contributed by atoms with Crippen LogP contribution in [0, 0.1) is 0 Å². The van der Waals surface area contributed by atoms with Gasteiger partial charge in [0.2, 0.25) is 0 Å². The van der Waals surface area contributed by atoms with Gasteiger partial charge in [-0.3, -0.25) is 4.98 Å². The molecule has 1 unspecified atom stereocenters. The van der Waals surface area contributed by atoms with Crippen LogP contribution in [0.4, 0.5) is 0 Å². The van der Waals surface area contributed by atoms with Crippen molar-refractivity contribution < 1.29 is 0 Å². The van der Waals surface area contributed by atoms with Crippen molar-refractivity contribution in [2.24, 2.45) is 5.73 Å². The Kier molecular flexibility index (Phi) is 3.43. The molecule has 0 aliphatic rings. The van der Waals surface area contributed by atoms with Crippen LogP contribution in [0.2, 0.25) is 0 Å². The molecule has 0 saturated carbocycles. The Morgan fingerprint density at radius 2 is 2.10 bits per heavy atom. The lowest BCUT2D eigenvalue weighted by molar-refractivity contribution is 0.544. The minimum absolute atomic E-state index is 0.246. The molecular formula is C15H17N5. The van der Waals surface area contributed by atoms with Gasteiger partial charge in [-0.05, 0) is 24.1 Å². The van der Waals surface area contributed by atoms with Crippen LogP contribution >= 0.6 is 0 Å². The number of nitrogens with two attached hydrogens (primary N) is 1. The summed E-state index contributed by atoms with van der Waals surface area (Å²) < 4.78 is 1.87. The molecule has 0 aliphatic heterocycles. The fourth-order valence-electron chi connectivity index (χ4n) is 2.44. The van der Waals surface area contributed by atoms with E-state index in [-0.39, 0.29) is 6.04 Å². The molecule has 102 valence electrons. The third kappa shape index (κ3) is 2.16. The maximum Gasteiger partial charge on any atom is 0.0800 e. The lowest BCUT2D eigenvalue weighted by Gasteiger charge is -2.15. The average Bonchev–Trinajstić information content (AvgIpc) is 2.94. The van der Waals surface area contributed by atoms with Crippen molar-refractivity contribution in [3.05, 3.63) is 54.0 Å². The number of nitrogens with zero attached hydrogens (tertiary/aromatic N) is 4. The predicted molar refractivity (Wildman–Crippen MR) is 78.1 cm³/mol. The number of aryl methyl sites for hydroxylation is 1. The first-order chi connectivity index (χ1) is 9.81. The van der Waals surface area contributed by atoms with Gasteiger partial charge >= 0.3 is 0 Å². The zero-order valence-corrected chi connectivity index (χ0v) is 11.4. The minimum atomic E-state index is -0.246. The van der Waals surface area contributed by atoms with E-state index in [1.54, 1.807) is 12.4 Å². The standard InChI is InChI=1S/C15H17N5/c1-2-9-20-14(10-18-19-20)15(16)12-7-8-17-13-6-4-3-5-11(12)13/h3-8,10,15H,2,9,16H2,1H3. The Labute approximate surface area is 117 Å². The van der Waals surface area contributed by atoms with E-state index in [1.807, 2.05) is 35.0 Å². The maximum absolute atomic E-state index is 6.43. The predicted octanol–water partition coefficient (Wildman–Crippen LogP) is 2.28. The molecule has 0 aliphatic carbocycles. The van der Waals surface area contributed by atoms with E-state index in [4.69, 9.17) is 5.73 Å². The fraction of sp³-hybridized carbons (Fsp3) is 0.267. The molecule has 1 aromatic carbocycles. The number of para-hydroxylation sites is 1. The molecule has 0 spiro atoms. The largest absolute Gasteiger partial charge is 0.319 e. The first-order valence-corrected chi connectivity index (χ1v) is 6.79. The number of benzene rings is 1. The van der Waals surface area contributed by atoms with Gasteiger partial charge < -0.3 is 5.73 Å². The van der Waals surface area contributed by atoms with Crippen LogP contribution in [0.1, 0.15) is 30.6 Å². The zero-order valence-electron chi connectivity index (χ0n) is 11.4. The van der Waals surface area contributed by atoms with E-state index in [0.717, 1.165) is 35.1 Å². The summed E-state index contributed by atoms with van der Waals surface area (Å²) in [6, 6.07) is 9.74. The lowest BCUT2D eigenvalue weighted by Crippen LogP contribution is -2.18. The van der Waals surface area contributed by atoms with Crippen LogP contribution in [0.15, 0.2) is 42.7 Å². The van der Waals surface area contributed by atoms with Crippen LogP contribution < -0.4 is 5.73 Å². The summed E-state index contributed by atoms with van der Waals surface area (Å²) in [6.07, 6.45) is 4.54. The normalized spacial score (nSPS) is 12.7. The molecule has 0 radical (unpaired) electrons. The highest BCUT2D eigenvalue weighted by Gasteiger charge is 2.17. The van der Waals surface area contributed by atoms with E-state index in [0.29, 0.717) is 0 Å². The summed E-state index contributed by atoms with van der Waals surface area (Å²) in [7, 11) is 0. The third-order valence-electron chi connectivity index (χ3n) is 3.42. The zero-order chi connectivity index (χ0) is 13.9. The van der Waals surface area contributed by atoms with E-state index in [1.165, 1.54) is 0 Å². The molecule has 2 aromatic heterocycles. The van der Waals surface area contributed by atoms with Crippen molar-refractivity contribution in [1.82, 2.24) is 20.0 Å².